The van der Waals surface area contributed by atoms with Gasteiger partial charge in [-0.05, 0) is 12.1 Å². The summed E-state index contributed by atoms with van der Waals surface area (Å²) in [5.41, 5.74) is 5.77. The zero-order chi connectivity index (χ0) is 12.2. The average molecular weight is 233 g/mol. The molecule has 1 atom stereocenters. The van der Waals surface area contributed by atoms with E-state index >= 15 is 0 Å². The predicted molar refractivity (Wildman–Crippen MR) is 52.2 cm³/mol. The molecule has 4 nitrogen and oxygen atoms in total. The fraction of sp³-hybridized carbons (Fsp3) is 0.222. The maximum atomic E-state index is 11.9. The van der Waals surface area contributed by atoms with E-state index in [1.165, 1.54) is 0 Å². The van der Waals surface area contributed by atoms with E-state index in [0.717, 1.165) is 0 Å². The monoisotopic (exact) mass is 233 g/mol. The van der Waals surface area contributed by atoms with Crippen LogP contribution in [0.3, 0.4) is 0 Å². The Morgan fingerprint density at radius 2 is 1.81 bits per heavy atom. The molecule has 0 aliphatic carbocycles. The average Bonchev–Trinajstić information content (AvgIpc) is 2.17. The first kappa shape index (κ1) is 12.3. The second-order valence-electron chi connectivity index (χ2n) is 2.96. The molecule has 0 bridgehead atoms. The van der Waals surface area contributed by atoms with E-state index in [9.17, 15) is 18.0 Å². The minimum Gasteiger partial charge on any atom is -0.353 e. The van der Waals surface area contributed by atoms with E-state index in [4.69, 9.17) is 5.73 Å². The molecule has 0 heterocycles. The zero-order valence-corrected chi connectivity index (χ0v) is 8.08. The van der Waals surface area contributed by atoms with Crippen molar-refractivity contribution < 1.29 is 18.0 Å². The molecule has 0 saturated carbocycles. The van der Waals surface area contributed by atoms with Gasteiger partial charge in [0.25, 0.3) is 0 Å². The van der Waals surface area contributed by atoms with Crippen LogP contribution in [0.2, 0.25) is 0 Å². The molecular weight excluding hydrogens is 223 g/mol. The summed E-state index contributed by atoms with van der Waals surface area (Å²) in [4.78, 5) is 10.5. The summed E-state index contributed by atoms with van der Waals surface area (Å²) in [7, 11) is 0. The summed E-state index contributed by atoms with van der Waals surface area (Å²) in [6.07, 6.45) is -6.23. The van der Waals surface area contributed by atoms with Crippen molar-refractivity contribution in [3.63, 3.8) is 0 Å². The molecule has 0 spiro atoms. The van der Waals surface area contributed by atoms with Gasteiger partial charge in [-0.1, -0.05) is 18.2 Å². The molecule has 16 heavy (non-hydrogen) atoms. The van der Waals surface area contributed by atoms with Crippen molar-refractivity contribution in [2.24, 2.45) is 5.73 Å². The number of nitrogens with two attached hydrogens (primary N) is 1. The van der Waals surface area contributed by atoms with Crippen molar-refractivity contribution in [1.29, 1.82) is 0 Å². The quantitative estimate of drug-likeness (QED) is 0.683. The highest BCUT2D eigenvalue weighted by molar-refractivity contribution is 5.82. The molecule has 1 unspecified atom stereocenters. The smallest absolute Gasteiger partial charge is 0.353 e. The molecule has 1 rings (SSSR count). The standard InChI is InChI=1S/C9H10F3N3O/c10-9(11,12)7(16)15-8(13)14-6-4-2-1-3-5-6/h1-5,8,14H,13H2,(H,15,16). The van der Waals surface area contributed by atoms with Gasteiger partial charge in [0, 0.05) is 5.69 Å². The largest absolute Gasteiger partial charge is 0.471 e. The van der Waals surface area contributed by atoms with Crippen LogP contribution in [-0.2, 0) is 4.79 Å². The molecule has 1 amide bonds. The fourth-order valence-corrected chi connectivity index (χ4v) is 0.973. The van der Waals surface area contributed by atoms with E-state index in [0.29, 0.717) is 5.69 Å². The van der Waals surface area contributed by atoms with E-state index in [-0.39, 0.29) is 0 Å². The molecule has 0 fully saturated rings. The normalized spacial score (nSPS) is 13.0. The second kappa shape index (κ2) is 4.84. The van der Waals surface area contributed by atoms with Crippen LogP contribution in [-0.4, -0.2) is 18.4 Å². The third-order valence-electron chi connectivity index (χ3n) is 1.64. The first-order valence-corrected chi connectivity index (χ1v) is 4.34. The van der Waals surface area contributed by atoms with Gasteiger partial charge < -0.3 is 10.6 Å². The Morgan fingerprint density at radius 3 is 2.31 bits per heavy atom. The van der Waals surface area contributed by atoms with Crippen LogP contribution in [0.15, 0.2) is 30.3 Å². The Hall–Kier alpha value is -1.76. The molecule has 7 heteroatoms. The molecule has 1 aromatic rings. The maximum Gasteiger partial charge on any atom is 0.471 e. The Labute approximate surface area is 89.6 Å². The third-order valence-corrected chi connectivity index (χ3v) is 1.64. The topological polar surface area (TPSA) is 67.1 Å². The van der Waals surface area contributed by atoms with E-state index in [2.05, 4.69) is 5.32 Å². The number of hydrogen-bond donors (Lipinski definition) is 3. The van der Waals surface area contributed by atoms with Crippen LogP contribution in [0.5, 0.6) is 0 Å². The summed E-state index contributed by atoms with van der Waals surface area (Å²) >= 11 is 0. The Kier molecular flexibility index (Phi) is 3.73. The van der Waals surface area contributed by atoms with Gasteiger partial charge in [0.1, 0.15) is 0 Å². The van der Waals surface area contributed by atoms with Crippen LogP contribution in [0.4, 0.5) is 18.9 Å². The summed E-state index contributed by atoms with van der Waals surface area (Å²) in [5.74, 6) is -2.08. The molecule has 0 aliphatic rings. The van der Waals surface area contributed by atoms with Crippen molar-refractivity contribution >= 4 is 11.6 Å². The van der Waals surface area contributed by atoms with Crippen molar-refractivity contribution in [3.8, 4) is 0 Å². The Morgan fingerprint density at radius 1 is 1.25 bits per heavy atom. The predicted octanol–water partition coefficient (Wildman–Crippen LogP) is 1.02. The molecule has 88 valence electrons. The van der Waals surface area contributed by atoms with Crippen molar-refractivity contribution in [1.82, 2.24) is 5.32 Å². The van der Waals surface area contributed by atoms with Crippen LogP contribution < -0.4 is 16.4 Å². The van der Waals surface area contributed by atoms with Crippen molar-refractivity contribution in [2.75, 3.05) is 5.32 Å². The van der Waals surface area contributed by atoms with Gasteiger partial charge in [0.15, 0.2) is 6.29 Å². The fourth-order valence-electron chi connectivity index (χ4n) is 0.973. The Bertz CT molecular complexity index is 353. The number of benzene rings is 1. The van der Waals surface area contributed by atoms with E-state index < -0.39 is 18.4 Å². The molecular formula is C9H10F3N3O. The van der Waals surface area contributed by atoms with Crippen molar-refractivity contribution in [3.05, 3.63) is 30.3 Å². The lowest BCUT2D eigenvalue weighted by Gasteiger charge is -2.17. The number of para-hydroxylation sites is 1. The van der Waals surface area contributed by atoms with Crippen LogP contribution in [0, 0.1) is 0 Å². The highest BCUT2D eigenvalue weighted by atomic mass is 19.4. The number of nitrogens with one attached hydrogen (secondary N) is 2. The summed E-state index contributed by atoms with van der Waals surface area (Å²) < 4.78 is 35.6. The van der Waals surface area contributed by atoms with E-state index in [1.54, 1.807) is 35.6 Å². The van der Waals surface area contributed by atoms with Crippen LogP contribution in [0.1, 0.15) is 0 Å². The number of halogens is 3. The summed E-state index contributed by atoms with van der Waals surface area (Å²) in [6.45, 7) is 0. The lowest BCUT2D eigenvalue weighted by Crippen LogP contribution is -2.51. The van der Waals surface area contributed by atoms with E-state index in [1.807, 2.05) is 0 Å². The SMILES string of the molecule is NC(NC(=O)C(F)(F)F)Nc1ccccc1. The highest BCUT2D eigenvalue weighted by Crippen LogP contribution is 2.14. The van der Waals surface area contributed by atoms with Gasteiger partial charge in [-0.2, -0.15) is 13.2 Å². The molecule has 0 radical (unpaired) electrons. The minimum atomic E-state index is -4.93. The maximum absolute atomic E-state index is 11.9. The number of hydrogen-bond acceptors (Lipinski definition) is 3. The second-order valence-corrected chi connectivity index (χ2v) is 2.96. The summed E-state index contributed by atoms with van der Waals surface area (Å²) in [5, 5.41) is 4.06. The molecule has 0 saturated heterocycles. The number of rotatable bonds is 3. The van der Waals surface area contributed by atoms with Gasteiger partial charge in [-0.3, -0.25) is 10.5 Å². The zero-order valence-electron chi connectivity index (χ0n) is 8.08. The number of amides is 1. The van der Waals surface area contributed by atoms with Gasteiger partial charge >= 0.3 is 12.1 Å². The first-order valence-electron chi connectivity index (χ1n) is 4.34. The molecule has 0 aliphatic heterocycles. The number of carbonyl (C=O) groups is 1. The van der Waals surface area contributed by atoms with Crippen LogP contribution >= 0.6 is 0 Å². The number of alkyl halides is 3. The molecule has 4 N–H and O–H groups in total. The van der Waals surface area contributed by atoms with Gasteiger partial charge in [-0.25, -0.2) is 0 Å². The minimum absolute atomic E-state index is 0.512. The number of anilines is 1. The van der Waals surface area contributed by atoms with Gasteiger partial charge in [0.2, 0.25) is 0 Å². The molecule has 1 aromatic carbocycles. The third kappa shape index (κ3) is 3.77. The lowest BCUT2D eigenvalue weighted by molar-refractivity contribution is -0.174. The number of carbonyl (C=O) groups excluding carboxylic acids is 1. The van der Waals surface area contributed by atoms with Gasteiger partial charge in [-0.15, -0.1) is 0 Å². The van der Waals surface area contributed by atoms with Crippen molar-refractivity contribution in [2.45, 2.75) is 12.5 Å². The van der Waals surface area contributed by atoms with Crippen LogP contribution in [0.25, 0.3) is 0 Å². The Balaban J connectivity index is 2.49. The van der Waals surface area contributed by atoms with Gasteiger partial charge in [0.05, 0.1) is 0 Å². The highest BCUT2D eigenvalue weighted by Gasteiger charge is 2.39. The lowest BCUT2D eigenvalue weighted by atomic mass is 10.3. The molecule has 0 aromatic heterocycles. The first-order chi connectivity index (χ1) is 7.39. The summed E-state index contributed by atoms with van der Waals surface area (Å²) in [6, 6.07) is 8.32.